The normalized spacial score (nSPS) is 30.2. The van der Waals surface area contributed by atoms with E-state index in [0.717, 1.165) is 22.2 Å². The highest BCUT2D eigenvalue weighted by atomic mass is 79.9. The van der Waals surface area contributed by atoms with Crippen LogP contribution in [0.25, 0.3) is 0 Å². The number of rotatable bonds is 2. The van der Waals surface area contributed by atoms with E-state index < -0.39 is 11.6 Å². The van der Waals surface area contributed by atoms with E-state index in [4.69, 9.17) is 4.74 Å². The summed E-state index contributed by atoms with van der Waals surface area (Å²) >= 11 is 3.46. The van der Waals surface area contributed by atoms with Crippen molar-refractivity contribution in [3.05, 3.63) is 28.2 Å². The van der Waals surface area contributed by atoms with Gasteiger partial charge in [0, 0.05) is 22.4 Å². The first-order valence-corrected chi connectivity index (χ1v) is 9.62. The summed E-state index contributed by atoms with van der Waals surface area (Å²) in [5.74, 6) is 0.383. The number of nitrogens with one attached hydrogen (secondary N) is 3. The summed E-state index contributed by atoms with van der Waals surface area (Å²) in [7, 11) is 0. The van der Waals surface area contributed by atoms with Crippen LogP contribution in [-0.2, 0) is 9.59 Å². The highest BCUT2D eigenvalue weighted by Gasteiger charge is 2.49. The number of urea groups is 1. The summed E-state index contributed by atoms with van der Waals surface area (Å²) in [6.45, 7) is 0.569. The van der Waals surface area contributed by atoms with E-state index >= 15 is 0 Å². The predicted molar refractivity (Wildman–Crippen MR) is 96.5 cm³/mol. The first-order valence-electron chi connectivity index (χ1n) is 8.83. The molecule has 8 heteroatoms. The number of imide groups is 1. The Morgan fingerprint density at radius 3 is 2.69 bits per heavy atom. The predicted octanol–water partition coefficient (Wildman–Crippen LogP) is 2.16. The third-order valence-corrected chi connectivity index (χ3v) is 6.05. The van der Waals surface area contributed by atoms with Gasteiger partial charge in [0.2, 0.25) is 5.91 Å². The number of ether oxygens (including phenoxy) is 1. The van der Waals surface area contributed by atoms with Crippen LogP contribution in [0.2, 0.25) is 0 Å². The topological polar surface area (TPSA) is 96.5 Å². The molecule has 3 aliphatic rings. The second-order valence-electron chi connectivity index (χ2n) is 7.15. The van der Waals surface area contributed by atoms with Gasteiger partial charge in [-0.2, -0.15) is 0 Å². The fourth-order valence-corrected chi connectivity index (χ4v) is 4.44. The number of carbonyl (C=O) groups excluding carboxylic acids is 3. The second kappa shape index (κ2) is 6.57. The summed E-state index contributed by atoms with van der Waals surface area (Å²) in [6.07, 6.45) is 2.85. The first-order chi connectivity index (χ1) is 12.5. The van der Waals surface area contributed by atoms with Crippen molar-refractivity contribution in [2.45, 2.75) is 43.7 Å². The van der Waals surface area contributed by atoms with Gasteiger partial charge in [-0.05, 0) is 43.9 Å². The average Bonchev–Trinajstić information content (AvgIpc) is 2.89. The number of fused-ring (bicyclic) bond motifs is 1. The van der Waals surface area contributed by atoms with Gasteiger partial charge in [0.15, 0.2) is 0 Å². The molecule has 1 spiro atoms. The van der Waals surface area contributed by atoms with Crippen molar-refractivity contribution in [3.63, 3.8) is 0 Å². The molecule has 1 aliphatic carbocycles. The molecule has 0 radical (unpaired) electrons. The lowest BCUT2D eigenvalue weighted by Crippen LogP contribution is -2.51. The van der Waals surface area contributed by atoms with Crippen molar-refractivity contribution < 1.29 is 19.1 Å². The van der Waals surface area contributed by atoms with Crippen LogP contribution in [0.5, 0.6) is 5.75 Å². The van der Waals surface area contributed by atoms with Crippen LogP contribution in [0.3, 0.4) is 0 Å². The Balaban J connectivity index is 1.41. The lowest BCUT2D eigenvalue weighted by molar-refractivity contribution is -0.131. The number of benzene rings is 1. The van der Waals surface area contributed by atoms with Gasteiger partial charge in [0.25, 0.3) is 5.91 Å². The van der Waals surface area contributed by atoms with Crippen molar-refractivity contribution in [1.29, 1.82) is 0 Å². The van der Waals surface area contributed by atoms with Crippen molar-refractivity contribution in [3.8, 4) is 5.75 Å². The Bertz CT molecular complexity index is 774. The van der Waals surface area contributed by atoms with Crippen molar-refractivity contribution >= 4 is 33.8 Å². The number of hydrogen-bond donors (Lipinski definition) is 3. The summed E-state index contributed by atoms with van der Waals surface area (Å²) < 4.78 is 6.61. The van der Waals surface area contributed by atoms with E-state index in [1.54, 1.807) is 0 Å². The lowest BCUT2D eigenvalue weighted by Gasteiger charge is -2.35. The monoisotopic (exact) mass is 421 g/mol. The molecule has 2 aliphatic heterocycles. The maximum absolute atomic E-state index is 12.8. The molecule has 0 aromatic heterocycles. The van der Waals surface area contributed by atoms with Gasteiger partial charge < -0.3 is 15.4 Å². The van der Waals surface area contributed by atoms with Gasteiger partial charge >= 0.3 is 6.03 Å². The fraction of sp³-hybridized carbons (Fsp3) is 0.500. The Hall–Kier alpha value is -2.09. The van der Waals surface area contributed by atoms with Crippen molar-refractivity contribution in [2.75, 3.05) is 6.61 Å². The Kier molecular flexibility index (Phi) is 4.38. The number of halogens is 1. The molecule has 1 saturated heterocycles. The zero-order valence-electron chi connectivity index (χ0n) is 14.1. The van der Waals surface area contributed by atoms with Crippen LogP contribution in [0.15, 0.2) is 22.7 Å². The van der Waals surface area contributed by atoms with E-state index in [9.17, 15) is 14.4 Å². The number of carbonyl (C=O) groups is 3. The van der Waals surface area contributed by atoms with E-state index in [0.29, 0.717) is 32.3 Å². The van der Waals surface area contributed by atoms with E-state index in [2.05, 4.69) is 31.9 Å². The molecule has 26 heavy (non-hydrogen) atoms. The van der Waals surface area contributed by atoms with Crippen LogP contribution in [0.1, 0.15) is 43.7 Å². The SMILES string of the molecule is O=C1NC(=O)C2(CCC(C(=O)NC3CCOc4ccc(Br)cc43)CC2)N1. The third kappa shape index (κ3) is 3.06. The van der Waals surface area contributed by atoms with Gasteiger partial charge in [-0.3, -0.25) is 14.9 Å². The van der Waals surface area contributed by atoms with E-state index in [-0.39, 0.29) is 23.8 Å². The highest BCUT2D eigenvalue weighted by molar-refractivity contribution is 9.10. The second-order valence-corrected chi connectivity index (χ2v) is 8.06. The molecular formula is C18H20BrN3O4. The molecular weight excluding hydrogens is 402 g/mol. The molecule has 1 saturated carbocycles. The summed E-state index contributed by atoms with van der Waals surface area (Å²) in [5, 5.41) is 8.16. The third-order valence-electron chi connectivity index (χ3n) is 5.55. The smallest absolute Gasteiger partial charge is 0.322 e. The van der Waals surface area contributed by atoms with E-state index in [1.165, 1.54) is 0 Å². The Morgan fingerprint density at radius 1 is 1.23 bits per heavy atom. The number of hydrogen-bond acceptors (Lipinski definition) is 4. The van der Waals surface area contributed by atoms with E-state index in [1.807, 2.05) is 18.2 Å². The Morgan fingerprint density at radius 2 is 2.00 bits per heavy atom. The summed E-state index contributed by atoms with van der Waals surface area (Å²) in [4.78, 5) is 36.2. The fourth-order valence-electron chi connectivity index (χ4n) is 4.06. The minimum absolute atomic E-state index is 0.00223. The van der Waals surface area contributed by atoms with Crippen LogP contribution in [-0.4, -0.2) is 30.0 Å². The molecule has 4 rings (SSSR count). The van der Waals surface area contributed by atoms with Crippen molar-refractivity contribution in [1.82, 2.24) is 16.0 Å². The lowest BCUT2D eigenvalue weighted by atomic mass is 9.76. The minimum Gasteiger partial charge on any atom is -0.493 e. The molecule has 0 bridgehead atoms. The largest absolute Gasteiger partial charge is 0.493 e. The molecule has 1 aromatic carbocycles. The van der Waals surface area contributed by atoms with Gasteiger partial charge in [-0.1, -0.05) is 15.9 Å². The average molecular weight is 422 g/mol. The maximum atomic E-state index is 12.8. The molecule has 2 heterocycles. The van der Waals surface area contributed by atoms with Crippen LogP contribution >= 0.6 is 15.9 Å². The highest BCUT2D eigenvalue weighted by Crippen LogP contribution is 2.37. The van der Waals surface area contributed by atoms with Gasteiger partial charge in [-0.15, -0.1) is 0 Å². The first kappa shape index (κ1) is 17.3. The Labute approximate surface area is 159 Å². The molecule has 4 amide bonds. The van der Waals surface area contributed by atoms with Crippen LogP contribution in [0.4, 0.5) is 4.79 Å². The zero-order valence-corrected chi connectivity index (χ0v) is 15.7. The van der Waals surface area contributed by atoms with Crippen molar-refractivity contribution in [2.24, 2.45) is 5.92 Å². The summed E-state index contributed by atoms with van der Waals surface area (Å²) in [5.41, 5.74) is 0.151. The molecule has 1 atom stereocenters. The molecule has 1 unspecified atom stereocenters. The van der Waals surface area contributed by atoms with Gasteiger partial charge in [0.1, 0.15) is 11.3 Å². The van der Waals surface area contributed by atoms with Gasteiger partial charge in [0.05, 0.1) is 12.6 Å². The number of amides is 4. The molecule has 138 valence electrons. The molecule has 1 aromatic rings. The maximum Gasteiger partial charge on any atom is 0.322 e. The van der Waals surface area contributed by atoms with Crippen LogP contribution < -0.4 is 20.7 Å². The molecule has 7 nitrogen and oxygen atoms in total. The summed E-state index contributed by atoms with van der Waals surface area (Å²) in [6, 6.07) is 5.29. The molecule has 2 fully saturated rings. The molecule has 3 N–H and O–H groups in total. The quantitative estimate of drug-likeness (QED) is 0.637. The standard InChI is InChI=1S/C18H20BrN3O4/c19-11-1-2-14-12(9-11)13(5-8-26-14)20-15(23)10-3-6-18(7-4-10)16(24)21-17(25)22-18/h1-2,9-10,13H,3-8H2,(H,20,23)(H2,21,22,24,25). The van der Waals surface area contributed by atoms with Crippen LogP contribution in [0, 0.1) is 5.92 Å². The van der Waals surface area contributed by atoms with Gasteiger partial charge in [-0.25, -0.2) is 4.79 Å². The zero-order chi connectivity index (χ0) is 18.3. The minimum atomic E-state index is -0.829.